The van der Waals surface area contributed by atoms with Crippen molar-refractivity contribution in [1.82, 2.24) is 10.2 Å². The first-order valence-corrected chi connectivity index (χ1v) is 7.31. The number of ether oxygens (including phenoxy) is 1. The Balaban J connectivity index is 3.21. The summed E-state index contributed by atoms with van der Waals surface area (Å²) in [5, 5.41) is 17.8. The molecule has 1 aromatic heterocycles. The third-order valence-electron chi connectivity index (χ3n) is 3.25. The predicted octanol–water partition coefficient (Wildman–Crippen LogP) is 1.86. The van der Waals surface area contributed by atoms with E-state index in [1.165, 1.54) is 0 Å². The van der Waals surface area contributed by atoms with E-state index in [-0.39, 0.29) is 12.5 Å². The van der Waals surface area contributed by atoms with Crippen molar-refractivity contribution in [1.29, 1.82) is 5.26 Å². The average molecular weight is 290 g/mol. The van der Waals surface area contributed by atoms with Crippen molar-refractivity contribution in [2.24, 2.45) is 0 Å². The molecule has 0 atom stereocenters. The maximum Gasteiger partial charge on any atom is 0.325 e. The van der Waals surface area contributed by atoms with Crippen LogP contribution in [0.3, 0.4) is 0 Å². The molecule has 1 heterocycles. The Morgan fingerprint density at radius 3 is 2.43 bits per heavy atom. The molecule has 0 N–H and O–H groups in total. The first-order chi connectivity index (χ1) is 10.1. The summed E-state index contributed by atoms with van der Waals surface area (Å²) in [6.07, 6.45) is 1.45. The van der Waals surface area contributed by atoms with Crippen molar-refractivity contribution in [2.75, 3.05) is 24.6 Å². The van der Waals surface area contributed by atoms with E-state index in [9.17, 15) is 10.1 Å². The summed E-state index contributed by atoms with van der Waals surface area (Å²) in [6, 6.07) is 2.21. The summed E-state index contributed by atoms with van der Waals surface area (Å²) in [5.74, 6) is 0.129. The number of aromatic nitrogens is 2. The van der Waals surface area contributed by atoms with E-state index in [1.54, 1.807) is 11.8 Å². The van der Waals surface area contributed by atoms with Crippen molar-refractivity contribution >= 4 is 11.8 Å². The Kier molecular flexibility index (Phi) is 6.60. The quantitative estimate of drug-likeness (QED) is 0.713. The zero-order valence-electron chi connectivity index (χ0n) is 13.1. The number of rotatable bonds is 7. The van der Waals surface area contributed by atoms with Crippen molar-refractivity contribution < 1.29 is 9.53 Å². The number of carbonyl (C=O) groups excluding carboxylic acids is 1. The van der Waals surface area contributed by atoms with E-state index >= 15 is 0 Å². The number of likely N-dealkylation sites (N-methyl/N-ethyl adjacent to an activating group) is 1. The van der Waals surface area contributed by atoms with Gasteiger partial charge >= 0.3 is 5.97 Å². The molecule has 1 rings (SSSR count). The molecule has 6 heteroatoms. The summed E-state index contributed by atoms with van der Waals surface area (Å²) < 4.78 is 4.96. The molecule has 6 nitrogen and oxygen atoms in total. The van der Waals surface area contributed by atoms with Gasteiger partial charge in [-0.2, -0.15) is 10.4 Å². The molecular weight excluding hydrogens is 268 g/mol. The highest BCUT2D eigenvalue weighted by Crippen LogP contribution is 2.23. The SMILES string of the molecule is CCOC(=O)CN(CC)c1nnc(CC)c(CC)c1C#N. The monoisotopic (exact) mass is 290 g/mol. The third kappa shape index (κ3) is 3.91. The zero-order chi connectivity index (χ0) is 15.8. The van der Waals surface area contributed by atoms with Crippen molar-refractivity contribution in [3.8, 4) is 6.07 Å². The van der Waals surface area contributed by atoms with Gasteiger partial charge in [-0.1, -0.05) is 13.8 Å². The average Bonchev–Trinajstić information content (AvgIpc) is 2.51. The van der Waals surface area contributed by atoms with Gasteiger partial charge in [0.05, 0.1) is 12.3 Å². The maximum atomic E-state index is 11.7. The van der Waals surface area contributed by atoms with Gasteiger partial charge in [-0.3, -0.25) is 4.79 Å². The van der Waals surface area contributed by atoms with Crippen LogP contribution in [0.1, 0.15) is 44.5 Å². The van der Waals surface area contributed by atoms with Gasteiger partial charge in [0.15, 0.2) is 5.82 Å². The molecule has 0 saturated heterocycles. The lowest BCUT2D eigenvalue weighted by Gasteiger charge is -2.22. The van der Waals surface area contributed by atoms with Gasteiger partial charge < -0.3 is 9.64 Å². The van der Waals surface area contributed by atoms with Crippen molar-refractivity contribution in [3.05, 3.63) is 16.8 Å². The Labute approximate surface area is 125 Å². The zero-order valence-corrected chi connectivity index (χ0v) is 13.1. The van der Waals surface area contributed by atoms with E-state index in [1.807, 2.05) is 20.8 Å². The summed E-state index contributed by atoms with van der Waals surface area (Å²) in [5.41, 5.74) is 2.26. The van der Waals surface area contributed by atoms with E-state index < -0.39 is 0 Å². The molecule has 0 saturated carbocycles. The Bertz CT molecular complexity index is 537. The highest BCUT2D eigenvalue weighted by atomic mass is 16.5. The van der Waals surface area contributed by atoms with E-state index in [4.69, 9.17) is 4.74 Å². The molecule has 0 radical (unpaired) electrons. The molecule has 0 unspecified atom stereocenters. The molecule has 0 aliphatic carbocycles. The summed E-state index contributed by atoms with van der Waals surface area (Å²) in [7, 11) is 0. The highest BCUT2D eigenvalue weighted by molar-refractivity contribution is 5.76. The first kappa shape index (κ1) is 16.9. The normalized spacial score (nSPS) is 10.0. The Hall–Kier alpha value is -2.16. The third-order valence-corrected chi connectivity index (χ3v) is 3.25. The fraction of sp³-hybridized carbons (Fsp3) is 0.600. The van der Waals surface area contributed by atoms with Crippen LogP contribution in [-0.4, -0.2) is 35.9 Å². The molecule has 1 aromatic rings. The van der Waals surface area contributed by atoms with Gasteiger partial charge in [0.2, 0.25) is 0 Å². The molecule has 0 aromatic carbocycles. The number of aryl methyl sites for hydroxylation is 1. The first-order valence-electron chi connectivity index (χ1n) is 7.31. The van der Waals surface area contributed by atoms with E-state index in [0.29, 0.717) is 31.0 Å². The fourth-order valence-corrected chi connectivity index (χ4v) is 2.20. The molecule has 21 heavy (non-hydrogen) atoms. The van der Waals surface area contributed by atoms with Crippen molar-refractivity contribution in [2.45, 2.75) is 40.5 Å². The van der Waals surface area contributed by atoms with Crippen LogP contribution in [0.25, 0.3) is 0 Å². The minimum Gasteiger partial charge on any atom is -0.465 e. The molecule has 0 amide bonds. The summed E-state index contributed by atoms with van der Waals surface area (Å²) in [6.45, 7) is 8.60. The lowest BCUT2D eigenvalue weighted by molar-refractivity contribution is -0.141. The number of hydrogen-bond acceptors (Lipinski definition) is 6. The van der Waals surface area contributed by atoms with Crippen LogP contribution in [0.4, 0.5) is 5.82 Å². The number of nitrogens with zero attached hydrogens (tertiary/aromatic N) is 4. The summed E-state index contributed by atoms with van der Waals surface area (Å²) >= 11 is 0. The second kappa shape index (κ2) is 8.20. The maximum absolute atomic E-state index is 11.7. The Morgan fingerprint density at radius 2 is 1.95 bits per heavy atom. The highest BCUT2D eigenvalue weighted by Gasteiger charge is 2.20. The molecule has 0 spiro atoms. The van der Waals surface area contributed by atoms with Crippen LogP contribution in [-0.2, 0) is 22.4 Å². The molecule has 114 valence electrons. The van der Waals surface area contributed by atoms with Crippen LogP contribution in [0.2, 0.25) is 0 Å². The van der Waals surface area contributed by atoms with Crippen LogP contribution in [0, 0.1) is 11.3 Å². The number of esters is 1. The topological polar surface area (TPSA) is 79.1 Å². The summed E-state index contributed by atoms with van der Waals surface area (Å²) in [4.78, 5) is 13.4. The van der Waals surface area contributed by atoms with Gasteiger partial charge in [0.1, 0.15) is 18.2 Å². The lowest BCUT2D eigenvalue weighted by atomic mass is 10.0. The number of nitriles is 1. The lowest BCUT2D eigenvalue weighted by Crippen LogP contribution is -2.32. The number of carbonyl (C=O) groups is 1. The largest absolute Gasteiger partial charge is 0.465 e. The van der Waals surface area contributed by atoms with Gasteiger partial charge in [-0.15, -0.1) is 5.10 Å². The van der Waals surface area contributed by atoms with Crippen molar-refractivity contribution in [3.63, 3.8) is 0 Å². The van der Waals surface area contributed by atoms with Gasteiger partial charge in [-0.05, 0) is 32.3 Å². The molecule has 0 bridgehead atoms. The second-order valence-corrected chi connectivity index (χ2v) is 4.46. The standard InChI is InChI=1S/C15H22N4O2/c1-5-11-12(9-16)15(18-17-13(11)6-2)19(7-3)10-14(20)21-8-4/h5-8,10H2,1-4H3. The molecule has 0 aliphatic rings. The predicted molar refractivity (Wildman–Crippen MR) is 80.0 cm³/mol. The van der Waals surface area contributed by atoms with Crippen LogP contribution in [0.15, 0.2) is 0 Å². The van der Waals surface area contributed by atoms with E-state index in [2.05, 4.69) is 16.3 Å². The van der Waals surface area contributed by atoms with Crippen LogP contribution in [0.5, 0.6) is 0 Å². The molecule has 0 aliphatic heterocycles. The van der Waals surface area contributed by atoms with Gasteiger partial charge in [0, 0.05) is 6.54 Å². The minimum absolute atomic E-state index is 0.0718. The molecular formula is C15H22N4O2. The van der Waals surface area contributed by atoms with E-state index in [0.717, 1.165) is 17.7 Å². The second-order valence-electron chi connectivity index (χ2n) is 4.46. The van der Waals surface area contributed by atoms with Crippen LogP contribution < -0.4 is 4.90 Å². The molecule has 0 fully saturated rings. The number of anilines is 1. The van der Waals surface area contributed by atoms with Gasteiger partial charge in [0.25, 0.3) is 0 Å². The van der Waals surface area contributed by atoms with Crippen LogP contribution >= 0.6 is 0 Å². The smallest absolute Gasteiger partial charge is 0.325 e. The minimum atomic E-state index is -0.331. The Morgan fingerprint density at radius 1 is 1.24 bits per heavy atom. The fourth-order valence-electron chi connectivity index (χ4n) is 2.20. The number of hydrogen-bond donors (Lipinski definition) is 0. The van der Waals surface area contributed by atoms with Gasteiger partial charge in [-0.25, -0.2) is 0 Å².